The molecule has 0 amide bonds. The number of nitrogens with two attached hydrogens (primary N) is 1. The van der Waals surface area contributed by atoms with Crippen molar-refractivity contribution >= 4 is 12.4 Å². The molecule has 15 heavy (non-hydrogen) atoms. The van der Waals surface area contributed by atoms with Gasteiger partial charge in [0, 0.05) is 19.1 Å². The average molecular weight is 247 g/mol. The minimum Gasteiger partial charge on any atom is -0.327 e. The van der Waals surface area contributed by atoms with Gasteiger partial charge in [0.05, 0.1) is 5.92 Å². The number of alkyl halides is 3. The molecule has 2 unspecified atom stereocenters. The van der Waals surface area contributed by atoms with E-state index in [4.69, 9.17) is 5.73 Å². The maximum absolute atomic E-state index is 12.4. The molecule has 1 aliphatic rings. The van der Waals surface area contributed by atoms with Crippen molar-refractivity contribution in [1.29, 1.82) is 0 Å². The molecular weight excluding hydrogens is 229 g/mol. The Bertz CT molecular complexity index is 185. The van der Waals surface area contributed by atoms with E-state index >= 15 is 0 Å². The van der Waals surface area contributed by atoms with Gasteiger partial charge in [-0.25, -0.2) is 0 Å². The number of hydrogen-bond acceptors (Lipinski definition) is 2. The predicted molar refractivity (Wildman–Crippen MR) is 56.1 cm³/mol. The van der Waals surface area contributed by atoms with E-state index < -0.39 is 12.1 Å². The lowest BCUT2D eigenvalue weighted by Gasteiger charge is -2.34. The third-order valence-electron chi connectivity index (χ3n) is 2.51. The van der Waals surface area contributed by atoms with Crippen molar-refractivity contribution in [2.45, 2.75) is 32.0 Å². The standard InChI is InChI=1S/C9H17F3N2.ClH/c1-7(13)5-14-4-2-3-8(6-14)9(10,11)12;/h7-8H,2-6,13H2,1H3;1H. The van der Waals surface area contributed by atoms with E-state index in [2.05, 4.69) is 0 Å². The lowest BCUT2D eigenvalue weighted by atomic mass is 9.97. The summed E-state index contributed by atoms with van der Waals surface area (Å²) in [6.07, 6.45) is -3.16. The second-order valence-electron chi connectivity index (χ2n) is 4.12. The Morgan fingerprint density at radius 2 is 2.07 bits per heavy atom. The van der Waals surface area contributed by atoms with Crippen LogP contribution in [0.4, 0.5) is 13.2 Å². The fourth-order valence-corrected chi connectivity index (χ4v) is 1.90. The first-order valence-electron chi connectivity index (χ1n) is 4.94. The van der Waals surface area contributed by atoms with Crippen molar-refractivity contribution in [2.75, 3.05) is 19.6 Å². The Labute approximate surface area is 94.4 Å². The molecular formula is C9H18ClF3N2. The van der Waals surface area contributed by atoms with Gasteiger partial charge in [-0.15, -0.1) is 12.4 Å². The molecule has 92 valence electrons. The Morgan fingerprint density at radius 1 is 1.47 bits per heavy atom. The Hall–Kier alpha value is -0.0000000000000000555. The van der Waals surface area contributed by atoms with Crippen molar-refractivity contribution in [3.8, 4) is 0 Å². The van der Waals surface area contributed by atoms with Crippen LogP contribution in [0.3, 0.4) is 0 Å². The molecule has 0 spiro atoms. The van der Waals surface area contributed by atoms with Crippen LogP contribution >= 0.6 is 12.4 Å². The number of hydrogen-bond donors (Lipinski definition) is 1. The third-order valence-corrected chi connectivity index (χ3v) is 2.51. The molecule has 0 aliphatic carbocycles. The first kappa shape index (κ1) is 15.0. The summed E-state index contributed by atoms with van der Waals surface area (Å²) in [6, 6.07) is -0.0537. The van der Waals surface area contributed by atoms with Gasteiger partial charge in [0.1, 0.15) is 0 Å². The van der Waals surface area contributed by atoms with Crippen LogP contribution in [0.2, 0.25) is 0 Å². The van der Waals surface area contributed by atoms with Gasteiger partial charge < -0.3 is 10.6 Å². The number of halogens is 4. The fourth-order valence-electron chi connectivity index (χ4n) is 1.90. The van der Waals surface area contributed by atoms with E-state index in [1.807, 2.05) is 11.8 Å². The lowest BCUT2D eigenvalue weighted by Crippen LogP contribution is -2.45. The van der Waals surface area contributed by atoms with Crippen LogP contribution in [0.15, 0.2) is 0 Å². The lowest BCUT2D eigenvalue weighted by molar-refractivity contribution is -0.186. The second-order valence-corrected chi connectivity index (χ2v) is 4.12. The summed E-state index contributed by atoms with van der Waals surface area (Å²) in [5, 5.41) is 0. The van der Waals surface area contributed by atoms with Gasteiger partial charge in [-0.05, 0) is 26.3 Å². The molecule has 0 aromatic heterocycles. The van der Waals surface area contributed by atoms with Gasteiger partial charge in [-0.2, -0.15) is 13.2 Å². The second kappa shape index (κ2) is 5.92. The van der Waals surface area contributed by atoms with Gasteiger partial charge in [-0.1, -0.05) is 0 Å². The molecule has 0 radical (unpaired) electrons. The number of likely N-dealkylation sites (tertiary alicyclic amines) is 1. The van der Waals surface area contributed by atoms with Gasteiger partial charge in [-0.3, -0.25) is 0 Å². The third kappa shape index (κ3) is 5.04. The van der Waals surface area contributed by atoms with E-state index in [-0.39, 0.29) is 31.4 Å². The first-order chi connectivity index (χ1) is 6.39. The predicted octanol–water partition coefficient (Wildman–Crippen LogP) is 2.03. The highest BCUT2D eigenvalue weighted by molar-refractivity contribution is 5.85. The van der Waals surface area contributed by atoms with Crippen molar-refractivity contribution in [3.05, 3.63) is 0 Å². The number of piperidine rings is 1. The quantitative estimate of drug-likeness (QED) is 0.808. The summed E-state index contributed by atoms with van der Waals surface area (Å²) >= 11 is 0. The summed E-state index contributed by atoms with van der Waals surface area (Å²) in [5.74, 6) is -1.16. The minimum atomic E-state index is -4.05. The van der Waals surface area contributed by atoms with E-state index in [1.54, 1.807) is 0 Å². The van der Waals surface area contributed by atoms with Gasteiger partial charge in [0.25, 0.3) is 0 Å². The highest BCUT2D eigenvalue weighted by atomic mass is 35.5. The maximum Gasteiger partial charge on any atom is 0.393 e. The molecule has 6 heteroatoms. The highest BCUT2D eigenvalue weighted by Gasteiger charge is 2.41. The first-order valence-corrected chi connectivity index (χ1v) is 4.94. The van der Waals surface area contributed by atoms with Crippen LogP contribution in [0, 0.1) is 5.92 Å². The molecule has 0 aromatic carbocycles. The molecule has 1 saturated heterocycles. The van der Waals surface area contributed by atoms with Crippen LogP contribution in [0.25, 0.3) is 0 Å². The van der Waals surface area contributed by atoms with Crippen LogP contribution < -0.4 is 5.73 Å². The van der Waals surface area contributed by atoms with Gasteiger partial charge in [0.15, 0.2) is 0 Å². The normalized spacial score (nSPS) is 25.8. The number of nitrogens with zero attached hydrogens (tertiary/aromatic N) is 1. The molecule has 2 N–H and O–H groups in total. The van der Waals surface area contributed by atoms with Crippen LogP contribution in [0.1, 0.15) is 19.8 Å². The zero-order valence-corrected chi connectivity index (χ0v) is 9.57. The largest absolute Gasteiger partial charge is 0.393 e. The Balaban J connectivity index is 0.00000196. The maximum atomic E-state index is 12.4. The van der Waals surface area contributed by atoms with Gasteiger partial charge in [0.2, 0.25) is 0 Å². The van der Waals surface area contributed by atoms with Crippen LogP contribution in [0.5, 0.6) is 0 Å². The summed E-state index contributed by atoms with van der Waals surface area (Å²) in [5.41, 5.74) is 5.55. The molecule has 1 aliphatic heterocycles. The van der Waals surface area contributed by atoms with E-state index in [1.165, 1.54) is 0 Å². The molecule has 0 aromatic rings. The zero-order chi connectivity index (χ0) is 10.8. The van der Waals surface area contributed by atoms with Crippen molar-refractivity contribution in [1.82, 2.24) is 4.90 Å². The Morgan fingerprint density at radius 3 is 2.53 bits per heavy atom. The van der Waals surface area contributed by atoms with Crippen LogP contribution in [-0.2, 0) is 0 Å². The highest BCUT2D eigenvalue weighted by Crippen LogP contribution is 2.32. The van der Waals surface area contributed by atoms with E-state index in [9.17, 15) is 13.2 Å². The molecule has 1 rings (SSSR count). The number of rotatable bonds is 2. The summed E-state index contributed by atoms with van der Waals surface area (Å²) in [6.45, 7) is 3.24. The Kier molecular flexibility index (Phi) is 5.92. The molecule has 0 bridgehead atoms. The van der Waals surface area contributed by atoms with E-state index in [0.29, 0.717) is 13.0 Å². The molecule has 1 heterocycles. The molecule has 2 atom stereocenters. The topological polar surface area (TPSA) is 29.3 Å². The summed E-state index contributed by atoms with van der Waals surface area (Å²) in [7, 11) is 0. The monoisotopic (exact) mass is 246 g/mol. The smallest absolute Gasteiger partial charge is 0.327 e. The van der Waals surface area contributed by atoms with E-state index in [0.717, 1.165) is 6.54 Å². The van der Waals surface area contributed by atoms with Gasteiger partial charge >= 0.3 is 6.18 Å². The summed E-state index contributed by atoms with van der Waals surface area (Å²) in [4.78, 5) is 1.81. The fraction of sp³-hybridized carbons (Fsp3) is 1.00. The molecule has 0 saturated carbocycles. The van der Waals surface area contributed by atoms with Crippen molar-refractivity contribution in [3.63, 3.8) is 0 Å². The van der Waals surface area contributed by atoms with Crippen LogP contribution in [-0.4, -0.2) is 36.8 Å². The zero-order valence-electron chi connectivity index (χ0n) is 8.76. The minimum absolute atomic E-state index is 0. The SMILES string of the molecule is CC(N)CN1CCCC(C(F)(F)F)C1.Cl. The average Bonchev–Trinajstić information content (AvgIpc) is 2.01. The van der Waals surface area contributed by atoms with Crippen molar-refractivity contribution in [2.24, 2.45) is 11.7 Å². The molecule has 1 fully saturated rings. The van der Waals surface area contributed by atoms with Crippen molar-refractivity contribution < 1.29 is 13.2 Å². The molecule has 2 nitrogen and oxygen atoms in total. The summed E-state index contributed by atoms with van der Waals surface area (Å²) < 4.78 is 37.2.